The molecule has 0 fully saturated rings. The van der Waals surface area contributed by atoms with Crippen LogP contribution in [0.4, 0.5) is 4.39 Å². The van der Waals surface area contributed by atoms with Gasteiger partial charge in [-0.15, -0.1) is 5.10 Å². The lowest BCUT2D eigenvalue weighted by atomic mass is 10.2. The monoisotopic (exact) mass is 429 g/mol. The van der Waals surface area contributed by atoms with Crippen molar-refractivity contribution < 1.29 is 9.13 Å². The van der Waals surface area contributed by atoms with Crippen LogP contribution >= 0.6 is 11.3 Å². The molecule has 0 saturated carbocycles. The summed E-state index contributed by atoms with van der Waals surface area (Å²) in [6.07, 6.45) is 1.81. The number of aromatic nitrogens is 3. The number of fused-ring (bicyclic) bond motifs is 1. The van der Waals surface area contributed by atoms with Gasteiger partial charge in [0.05, 0.1) is 4.53 Å². The third kappa shape index (κ3) is 4.08. The van der Waals surface area contributed by atoms with Crippen LogP contribution < -0.4 is 14.8 Å². The molecule has 2 heterocycles. The number of hydrogen-bond acceptors (Lipinski definition) is 5. The second-order valence-corrected chi connectivity index (χ2v) is 7.90. The van der Waals surface area contributed by atoms with Crippen LogP contribution in [-0.2, 0) is 6.61 Å². The molecular formula is C24H16FN3O2S. The number of benzene rings is 3. The maximum Gasteiger partial charge on any atom is 0.291 e. The molecule has 5 aromatic rings. The standard InChI is InChI=1S/C24H16FN3O2S/c25-19-10-8-18(9-11-19)22-26-24-28(27-22)23(29)21(31-24)14-16-6-12-20(13-7-16)30-15-17-4-2-1-3-5-17/h1-14H,15H2. The van der Waals surface area contributed by atoms with E-state index in [0.29, 0.717) is 27.5 Å². The van der Waals surface area contributed by atoms with Gasteiger partial charge in [-0.3, -0.25) is 4.79 Å². The highest BCUT2D eigenvalue weighted by Crippen LogP contribution is 2.17. The Balaban J connectivity index is 1.37. The second-order valence-electron chi connectivity index (χ2n) is 6.90. The first kappa shape index (κ1) is 19.1. The Bertz CT molecular complexity index is 1440. The van der Waals surface area contributed by atoms with Crippen molar-refractivity contribution in [2.45, 2.75) is 6.61 Å². The van der Waals surface area contributed by atoms with Crippen molar-refractivity contribution in [2.75, 3.05) is 0 Å². The highest BCUT2D eigenvalue weighted by molar-refractivity contribution is 7.15. The van der Waals surface area contributed by atoms with Gasteiger partial charge < -0.3 is 4.74 Å². The quantitative estimate of drug-likeness (QED) is 0.422. The molecule has 3 aromatic carbocycles. The summed E-state index contributed by atoms with van der Waals surface area (Å²) in [5.74, 6) is 0.826. The van der Waals surface area contributed by atoms with Gasteiger partial charge >= 0.3 is 0 Å². The Morgan fingerprint density at radius 2 is 1.71 bits per heavy atom. The maximum absolute atomic E-state index is 13.1. The molecule has 0 aliphatic rings. The van der Waals surface area contributed by atoms with Gasteiger partial charge in [-0.05, 0) is 53.6 Å². The van der Waals surface area contributed by atoms with Crippen LogP contribution in [0.25, 0.3) is 22.4 Å². The van der Waals surface area contributed by atoms with E-state index in [1.54, 1.807) is 12.1 Å². The highest BCUT2D eigenvalue weighted by Gasteiger charge is 2.12. The van der Waals surface area contributed by atoms with Gasteiger partial charge in [-0.1, -0.05) is 53.8 Å². The molecule has 5 rings (SSSR count). The third-order valence-corrected chi connectivity index (χ3v) is 5.67. The Labute approximate surface area is 180 Å². The molecule has 0 spiro atoms. The third-order valence-electron chi connectivity index (χ3n) is 4.71. The average Bonchev–Trinajstić information content (AvgIpc) is 3.34. The lowest BCUT2D eigenvalue weighted by molar-refractivity contribution is 0.306. The van der Waals surface area contributed by atoms with E-state index in [1.165, 1.54) is 28.0 Å². The van der Waals surface area contributed by atoms with Crippen LogP contribution in [0.3, 0.4) is 0 Å². The zero-order valence-corrected chi connectivity index (χ0v) is 17.1. The van der Waals surface area contributed by atoms with Gasteiger partial charge in [0.15, 0.2) is 5.82 Å². The van der Waals surface area contributed by atoms with E-state index in [-0.39, 0.29) is 11.4 Å². The van der Waals surface area contributed by atoms with Crippen molar-refractivity contribution in [2.24, 2.45) is 0 Å². The highest BCUT2D eigenvalue weighted by atomic mass is 32.1. The Hall–Kier alpha value is -3.84. The average molecular weight is 429 g/mol. The summed E-state index contributed by atoms with van der Waals surface area (Å²) >= 11 is 1.27. The number of halogens is 1. The largest absolute Gasteiger partial charge is 0.489 e. The minimum Gasteiger partial charge on any atom is -0.489 e. The van der Waals surface area contributed by atoms with E-state index in [2.05, 4.69) is 10.1 Å². The summed E-state index contributed by atoms with van der Waals surface area (Å²) in [7, 11) is 0. The lowest BCUT2D eigenvalue weighted by Crippen LogP contribution is -2.23. The van der Waals surface area contributed by atoms with Crippen molar-refractivity contribution in [3.05, 3.63) is 111 Å². The Morgan fingerprint density at radius 3 is 2.42 bits per heavy atom. The first-order chi connectivity index (χ1) is 15.2. The number of ether oxygens (including phenoxy) is 1. The van der Waals surface area contributed by atoms with Crippen LogP contribution in [-0.4, -0.2) is 14.6 Å². The Morgan fingerprint density at radius 1 is 0.968 bits per heavy atom. The predicted octanol–water partition coefficient (Wildman–Crippen LogP) is 4.08. The van der Waals surface area contributed by atoms with Gasteiger partial charge in [0.1, 0.15) is 18.2 Å². The smallest absolute Gasteiger partial charge is 0.291 e. The summed E-state index contributed by atoms with van der Waals surface area (Å²) in [4.78, 5) is 17.6. The van der Waals surface area contributed by atoms with E-state index in [9.17, 15) is 9.18 Å². The van der Waals surface area contributed by atoms with Gasteiger partial charge in [0, 0.05) is 5.56 Å². The first-order valence-electron chi connectivity index (χ1n) is 9.60. The molecule has 31 heavy (non-hydrogen) atoms. The minimum absolute atomic E-state index is 0.231. The predicted molar refractivity (Wildman–Crippen MR) is 119 cm³/mol. The van der Waals surface area contributed by atoms with Crippen LogP contribution in [0.1, 0.15) is 11.1 Å². The van der Waals surface area contributed by atoms with Gasteiger partial charge in [-0.25, -0.2) is 4.39 Å². The molecule has 0 amide bonds. The fourth-order valence-corrected chi connectivity index (χ4v) is 4.02. The molecule has 5 nitrogen and oxygen atoms in total. The summed E-state index contributed by atoms with van der Waals surface area (Å²) in [5, 5.41) is 4.28. The minimum atomic E-state index is -0.331. The topological polar surface area (TPSA) is 56.5 Å². The first-order valence-corrected chi connectivity index (χ1v) is 10.4. The number of rotatable bonds is 5. The zero-order chi connectivity index (χ0) is 21.2. The zero-order valence-electron chi connectivity index (χ0n) is 16.2. The summed E-state index contributed by atoms with van der Waals surface area (Å²) in [6, 6.07) is 23.4. The van der Waals surface area contributed by atoms with Gasteiger partial charge in [-0.2, -0.15) is 9.50 Å². The summed E-state index contributed by atoms with van der Waals surface area (Å²) in [5.41, 5.74) is 2.41. The molecule has 0 aliphatic heterocycles. The summed E-state index contributed by atoms with van der Waals surface area (Å²) in [6.45, 7) is 0.499. The van der Waals surface area contributed by atoms with E-state index in [1.807, 2.05) is 60.7 Å². The van der Waals surface area contributed by atoms with Gasteiger partial charge in [0.2, 0.25) is 4.96 Å². The maximum atomic E-state index is 13.1. The van der Waals surface area contributed by atoms with Gasteiger partial charge in [0.25, 0.3) is 5.56 Å². The molecule has 0 bridgehead atoms. The molecule has 0 aliphatic carbocycles. The molecule has 7 heteroatoms. The fraction of sp³-hybridized carbons (Fsp3) is 0.0417. The van der Waals surface area contributed by atoms with E-state index < -0.39 is 0 Å². The number of nitrogens with zero attached hydrogens (tertiary/aromatic N) is 3. The molecule has 2 aromatic heterocycles. The Kier molecular flexibility index (Phi) is 5.01. The van der Waals surface area contributed by atoms with E-state index in [0.717, 1.165) is 16.9 Å². The molecule has 0 atom stereocenters. The molecule has 0 radical (unpaired) electrons. The van der Waals surface area contributed by atoms with Crippen molar-refractivity contribution in [1.29, 1.82) is 0 Å². The van der Waals surface area contributed by atoms with E-state index in [4.69, 9.17) is 4.74 Å². The van der Waals surface area contributed by atoms with Crippen LogP contribution in [0.15, 0.2) is 83.7 Å². The number of hydrogen-bond donors (Lipinski definition) is 0. The van der Waals surface area contributed by atoms with E-state index >= 15 is 0 Å². The van der Waals surface area contributed by atoms with Crippen molar-refractivity contribution in [1.82, 2.24) is 14.6 Å². The SMILES string of the molecule is O=c1c(=Cc2ccc(OCc3ccccc3)cc2)sc2nc(-c3ccc(F)cc3)nn12. The molecular weight excluding hydrogens is 413 g/mol. The normalized spacial score (nSPS) is 11.8. The van der Waals surface area contributed by atoms with Crippen molar-refractivity contribution >= 4 is 22.4 Å². The van der Waals surface area contributed by atoms with Crippen LogP contribution in [0.2, 0.25) is 0 Å². The van der Waals surface area contributed by atoms with Crippen LogP contribution in [0.5, 0.6) is 5.75 Å². The fourth-order valence-electron chi connectivity index (χ4n) is 3.11. The van der Waals surface area contributed by atoms with Crippen molar-refractivity contribution in [3.8, 4) is 17.1 Å². The molecule has 0 unspecified atom stereocenters. The molecule has 0 saturated heterocycles. The second kappa shape index (κ2) is 8.12. The lowest BCUT2D eigenvalue weighted by Gasteiger charge is -2.06. The van der Waals surface area contributed by atoms with Crippen molar-refractivity contribution in [3.63, 3.8) is 0 Å². The van der Waals surface area contributed by atoms with Crippen LogP contribution in [0, 0.1) is 5.82 Å². The summed E-state index contributed by atoms with van der Waals surface area (Å²) < 4.78 is 20.7. The molecule has 0 N–H and O–H groups in total. The molecule has 152 valence electrons. The number of thiazole rings is 1.